The summed E-state index contributed by atoms with van der Waals surface area (Å²) in [4.78, 5) is 17.7. The number of piperazine rings is 1. The van der Waals surface area contributed by atoms with Gasteiger partial charge in [-0.2, -0.15) is 0 Å². The highest BCUT2D eigenvalue weighted by molar-refractivity contribution is 7.92. The third-order valence-electron chi connectivity index (χ3n) is 7.03. The smallest absolute Gasteiger partial charge is 0.246 e. The third-order valence-corrected chi connectivity index (χ3v) is 8.27. The Morgan fingerprint density at radius 1 is 0.806 bits per heavy atom. The van der Waals surface area contributed by atoms with E-state index in [4.69, 9.17) is 0 Å². The second-order valence-electron chi connectivity index (χ2n) is 9.59. The molecule has 0 aromatic heterocycles. The molecule has 0 aliphatic carbocycles. The Labute approximate surface area is 215 Å². The van der Waals surface area contributed by atoms with Crippen LogP contribution in [0.3, 0.4) is 0 Å². The molecule has 0 saturated carbocycles. The summed E-state index contributed by atoms with van der Waals surface area (Å²) >= 11 is 0. The van der Waals surface area contributed by atoms with Crippen molar-refractivity contribution in [2.45, 2.75) is 32.9 Å². The predicted octanol–water partition coefficient (Wildman–Crippen LogP) is 4.39. The van der Waals surface area contributed by atoms with E-state index in [9.17, 15) is 13.2 Å². The van der Waals surface area contributed by atoms with Gasteiger partial charge in [0.25, 0.3) is 0 Å². The van der Waals surface area contributed by atoms with Gasteiger partial charge < -0.3 is 4.90 Å². The van der Waals surface area contributed by atoms with Crippen molar-refractivity contribution in [3.63, 3.8) is 0 Å². The maximum atomic E-state index is 13.5. The minimum absolute atomic E-state index is 0.102. The van der Waals surface area contributed by atoms with Gasteiger partial charge >= 0.3 is 0 Å². The van der Waals surface area contributed by atoms with Crippen molar-refractivity contribution in [3.05, 3.63) is 101 Å². The summed E-state index contributed by atoms with van der Waals surface area (Å²) in [7, 11) is -3.65. The zero-order chi connectivity index (χ0) is 25.9. The summed E-state index contributed by atoms with van der Waals surface area (Å²) in [6, 6.07) is 25.6. The van der Waals surface area contributed by atoms with Gasteiger partial charge in [0.05, 0.1) is 18.0 Å². The fourth-order valence-corrected chi connectivity index (χ4v) is 6.18. The van der Waals surface area contributed by atoms with Gasteiger partial charge in [-0.15, -0.1) is 0 Å². The highest BCUT2D eigenvalue weighted by Crippen LogP contribution is 2.30. The molecule has 0 N–H and O–H groups in total. The van der Waals surface area contributed by atoms with Crippen LogP contribution in [0.2, 0.25) is 0 Å². The van der Waals surface area contributed by atoms with Crippen molar-refractivity contribution >= 4 is 21.6 Å². The van der Waals surface area contributed by atoms with Crippen molar-refractivity contribution in [3.8, 4) is 0 Å². The largest absolute Gasteiger partial charge is 0.338 e. The second-order valence-corrected chi connectivity index (χ2v) is 11.4. The average molecular weight is 506 g/mol. The van der Waals surface area contributed by atoms with Gasteiger partial charge in [0.2, 0.25) is 15.9 Å². The molecule has 190 valence electrons. The van der Waals surface area contributed by atoms with Crippen molar-refractivity contribution in [2.24, 2.45) is 0 Å². The number of nitrogens with zero attached hydrogens (tertiary/aromatic N) is 3. The number of benzene rings is 3. The van der Waals surface area contributed by atoms with E-state index in [-0.39, 0.29) is 11.9 Å². The highest BCUT2D eigenvalue weighted by atomic mass is 32.2. The molecule has 0 spiro atoms. The summed E-state index contributed by atoms with van der Waals surface area (Å²) in [5, 5.41) is 0. The lowest BCUT2D eigenvalue weighted by Gasteiger charge is -2.41. The van der Waals surface area contributed by atoms with Crippen LogP contribution in [-0.4, -0.2) is 62.6 Å². The second kappa shape index (κ2) is 10.8. The normalized spacial score (nSPS) is 15.6. The molecular formula is C29H35N3O3S. The molecule has 1 aliphatic heterocycles. The van der Waals surface area contributed by atoms with Gasteiger partial charge in [-0.05, 0) is 55.2 Å². The minimum atomic E-state index is -3.65. The van der Waals surface area contributed by atoms with E-state index >= 15 is 0 Å². The molecule has 0 radical (unpaired) electrons. The standard InChI is InChI=1S/C29H35N3O3S/c1-22-15-16-27(21-23(22)2)32(36(4,34)35)24(3)29(33)31-19-17-30(18-20-31)28(25-11-7-5-8-12-25)26-13-9-6-10-14-26/h5-16,21,24,28H,17-20H2,1-4H3/t24-/m1/s1. The molecule has 6 nitrogen and oxygen atoms in total. The number of hydrogen-bond donors (Lipinski definition) is 0. The molecule has 4 rings (SSSR count). The number of rotatable bonds is 7. The van der Waals surface area contributed by atoms with Crippen LogP contribution in [0.4, 0.5) is 5.69 Å². The summed E-state index contributed by atoms with van der Waals surface area (Å²) in [6.45, 7) is 8.11. The highest BCUT2D eigenvalue weighted by Gasteiger charge is 2.35. The minimum Gasteiger partial charge on any atom is -0.338 e. The molecule has 1 fully saturated rings. The number of amides is 1. The third kappa shape index (κ3) is 5.63. The zero-order valence-electron chi connectivity index (χ0n) is 21.5. The number of sulfonamides is 1. The Hall–Kier alpha value is -3.16. The summed E-state index contributed by atoms with van der Waals surface area (Å²) < 4.78 is 26.8. The lowest BCUT2D eigenvalue weighted by molar-refractivity contribution is -0.134. The number of anilines is 1. The summed E-state index contributed by atoms with van der Waals surface area (Å²) in [5.41, 5.74) is 5.02. The van der Waals surface area contributed by atoms with Crippen LogP contribution in [0.25, 0.3) is 0 Å². The molecule has 3 aromatic rings. The van der Waals surface area contributed by atoms with Gasteiger partial charge in [0.1, 0.15) is 6.04 Å². The van der Waals surface area contributed by atoms with E-state index in [1.54, 1.807) is 17.9 Å². The van der Waals surface area contributed by atoms with Crippen LogP contribution >= 0.6 is 0 Å². The van der Waals surface area contributed by atoms with Crippen molar-refractivity contribution in [1.29, 1.82) is 0 Å². The van der Waals surface area contributed by atoms with E-state index in [1.807, 2.05) is 38.1 Å². The Morgan fingerprint density at radius 3 is 1.81 bits per heavy atom. The van der Waals surface area contributed by atoms with E-state index in [0.717, 1.165) is 17.4 Å². The molecular weight excluding hydrogens is 470 g/mol. The number of carbonyl (C=O) groups is 1. The van der Waals surface area contributed by atoms with Crippen LogP contribution in [0.1, 0.15) is 35.2 Å². The lowest BCUT2D eigenvalue weighted by atomic mass is 9.96. The van der Waals surface area contributed by atoms with Gasteiger partial charge in [0.15, 0.2) is 0 Å². The number of aryl methyl sites for hydroxylation is 2. The van der Waals surface area contributed by atoms with Gasteiger partial charge in [0, 0.05) is 26.2 Å². The van der Waals surface area contributed by atoms with Crippen LogP contribution in [-0.2, 0) is 14.8 Å². The predicted molar refractivity (Wildman–Crippen MR) is 146 cm³/mol. The van der Waals surface area contributed by atoms with E-state index in [0.29, 0.717) is 31.9 Å². The maximum Gasteiger partial charge on any atom is 0.246 e. The van der Waals surface area contributed by atoms with Gasteiger partial charge in [-0.3, -0.25) is 14.0 Å². The molecule has 1 saturated heterocycles. The zero-order valence-corrected chi connectivity index (χ0v) is 22.3. The van der Waals surface area contributed by atoms with Crippen molar-refractivity contribution in [1.82, 2.24) is 9.80 Å². The van der Waals surface area contributed by atoms with E-state index < -0.39 is 16.1 Å². The molecule has 3 aromatic carbocycles. The summed E-state index contributed by atoms with van der Waals surface area (Å²) in [6.07, 6.45) is 1.16. The molecule has 36 heavy (non-hydrogen) atoms. The molecule has 1 aliphatic rings. The first-order valence-electron chi connectivity index (χ1n) is 12.4. The molecule has 0 unspecified atom stereocenters. The Bertz CT molecular complexity index is 1250. The lowest BCUT2D eigenvalue weighted by Crippen LogP contribution is -2.55. The molecule has 1 amide bonds. The fourth-order valence-electron chi connectivity index (χ4n) is 5.01. The van der Waals surface area contributed by atoms with Crippen LogP contribution < -0.4 is 4.31 Å². The molecule has 1 heterocycles. The number of hydrogen-bond acceptors (Lipinski definition) is 4. The topological polar surface area (TPSA) is 60.9 Å². The first-order chi connectivity index (χ1) is 17.2. The van der Waals surface area contributed by atoms with Crippen LogP contribution in [0.5, 0.6) is 0 Å². The van der Waals surface area contributed by atoms with Crippen molar-refractivity contribution < 1.29 is 13.2 Å². The summed E-state index contributed by atoms with van der Waals surface area (Å²) in [5.74, 6) is -0.172. The Morgan fingerprint density at radius 2 is 1.33 bits per heavy atom. The first kappa shape index (κ1) is 25.9. The SMILES string of the molecule is Cc1ccc(N([C@H](C)C(=O)N2CCN(C(c3ccccc3)c3ccccc3)CC2)S(C)(=O)=O)cc1C. The quantitative estimate of drug-likeness (QED) is 0.478. The monoisotopic (exact) mass is 505 g/mol. The van der Waals surface area contributed by atoms with E-state index in [2.05, 4.69) is 53.4 Å². The van der Waals surface area contributed by atoms with Gasteiger partial charge in [-0.25, -0.2) is 8.42 Å². The first-order valence-corrected chi connectivity index (χ1v) is 14.2. The molecule has 1 atom stereocenters. The van der Waals surface area contributed by atoms with Gasteiger partial charge in [-0.1, -0.05) is 66.7 Å². The Kier molecular flexibility index (Phi) is 7.81. The molecule has 7 heteroatoms. The average Bonchev–Trinajstić information content (AvgIpc) is 2.87. The molecule has 0 bridgehead atoms. The van der Waals surface area contributed by atoms with Crippen LogP contribution in [0.15, 0.2) is 78.9 Å². The van der Waals surface area contributed by atoms with Crippen LogP contribution in [0, 0.1) is 13.8 Å². The van der Waals surface area contributed by atoms with Crippen molar-refractivity contribution in [2.75, 3.05) is 36.7 Å². The van der Waals surface area contributed by atoms with E-state index in [1.165, 1.54) is 15.4 Å². The maximum absolute atomic E-state index is 13.5. The Balaban J connectivity index is 1.52. The fraction of sp³-hybridized carbons (Fsp3) is 0.345. The number of carbonyl (C=O) groups excluding carboxylic acids is 1.